The van der Waals surface area contributed by atoms with E-state index >= 15 is 0 Å². The minimum Gasteiger partial charge on any atom is -0.381 e. The lowest BCUT2D eigenvalue weighted by molar-refractivity contribution is 0.122. The van der Waals surface area contributed by atoms with Crippen molar-refractivity contribution in [2.75, 3.05) is 50.1 Å². The van der Waals surface area contributed by atoms with E-state index in [9.17, 15) is 0 Å². The highest BCUT2D eigenvalue weighted by Gasteiger charge is 2.29. The quantitative estimate of drug-likeness (QED) is 0.870. The molecule has 0 radical (unpaired) electrons. The van der Waals surface area contributed by atoms with Crippen molar-refractivity contribution in [1.82, 2.24) is 9.88 Å². The molecule has 2 aliphatic rings. The van der Waals surface area contributed by atoms with Crippen LogP contribution in [0.3, 0.4) is 0 Å². The van der Waals surface area contributed by atoms with Crippen LogP contribution < -0.4 is 10.2 Å². The number of hydrogen-bond acceptors (Lipinski definition) is 5. The second kappa shape index (κ2) is 7.36. The van der Waals surface area contributed by atoms with Gasteiger partial charge in [-0.05, 0) is 48.3 Å². The van der Waals surface area contributed by atoms with Gasteiger partial charge in [-0.3, -0.25) is 0 Å². The van der Waals surface area contributed by atoms with Gasteiger partial charge in [-0.1, -0.05) is 6.92 Å². The van der Waals surface area contributed by atoms with Gasteiger partial charge in [0.05, 0.1) is 29.6 Å². The van der Waals surface area contributed by atoms with Crippen molar-refractivity contribution in [3.8, 4) is 0 Å². The zero-order valence-electron chi connectivity index (χ0n) is 14.3. The Kier molecular flexibility index (Phi) is 5.44. The van der Waals surface area contributed by atoms with Crippen LogP contribution >= 0.6 is 15.9 Å². The largest absolute Gasteiger partial charge is 0.381 e. The van der Waals surface area contributed by atoms with Gasteiger partial charge in [0.1, 0.15) is 5.82 Å². The van der Waals surface area contributed by atoms with E-state index in [1.165, 1.54) is 6.42 Å². The maximum atomic E-state index is 5.41. The number of hydrogen-bond donors (Lipinski definition) is 1. The van der Waals surface area contributed by atoms with Crippen LogP contribution in [0.4, 0.5) is 11.5 Å². The number of aromatic nitrogens is 1. The summed E-state index contributed by atoms with van der Waals surface area (Å²) in [5, 5.41) is 3.69. The van der Waals surface area contributed by atoms with Gasteiger partial charge in [-0.2, -0.15) is 0 Å². The molecule has 3 rings (SSSR count). The van der Waals surface area contributed by atoms with Crippen LogP contribution in [-0.4, -0.2) is 61.9 Å². The van der Waals surface area contributed by atoms with Crippen LogP contribution in [0.25, 0.3) is 0 Å². The van der Waals surface area contributed by atoms with E-state index in [0.717, 1.165) is 48.8 Å². The van der Waals surface area contributed by atoms with Gasteiger partial charge in [0.25, 0.3) is 0 Å². The normalized spacial score (nSPS) is 29.6. The third-order valence-corrected chi connectivity index (χ3v) is 5.68. The zero-order valence-corrected chi connectivity index (χ0v) is 15.8. The molecule has 3 atom stereocenters. The van der Waals surface area contributed by atoms with Crippen molar-refractivity contribution in [2.24, 2.45) is 5.92 Å². The molecule has 0 aromatic carbocycles. The van der Waals surface area contributed by atoms with Crippen LogP contribution in [0.15, 0.2) is 16.7 Å². The van der Waals surface area contributed by atoms with E-state index in [2.05, 4.69) is 63.0 Å². The Morgan fingerprint density at radius 3 is 2.74 bits per heavy atom. The molecule has 0 bridgehead atoms. The number of anilines is 2. The van der Waals surface area contributed by atoms with Crippen LogP contribution in [0.1, 0.15) is 20.3 Å². The summed E-state index contributed by atoms with van der Waals surface area (Å²) in [6.07, 6.45) is 3.13. The standard InChI is InChI=1S/C17H27BrN4O/c1-12-11-21(3)13(2)8-16(12)20-14-9-15(18)17(19-10-14)22-4-6-23-7-5-22/h9-10,12-13,16,20H,4-8,11H2,1-3H3/t12-,13-,16-/m1/s1. The summed E-state index contributed by atoms with van der Waals surface area (Å²) in [7, 11) is 2.21. The molecule has 0 amide bonds. The Morgan fingerprint density at radius 2 is 2.04 bits per heavy atom. The number of piperidine rings is 1. The first-order chi connectivity index (χ1) is 11.0. The average molecular weight is 383 g/mol. The summed E-state index contributed by atoms with van der Waals surface area (Å²) < 4.78 is 6.47. The minimum absolute atomic E-state index is 0.504. The molecular formula is C17H27BrN4O. The maximum absolute atomic E-state index is 5.41. The lowest BCUT2D eigenvalue weighted by Crippen LogP contribution is -2.48. The third kappa shape index (κ3) is 3.98. The molecule has 1 aromatic heterocycles. The highest BCUT2D eigenvalue weighted by molar-refractivity contribution is 9.10. The molecule has 0 aliphatic carbocycles. The summed E-state index contributed by atoms with van der Waals surface area (Å²) in [5.41, 5.74) is 1.10. The fourth-order valence-electron chi connectivity index (χ4n) is 3.47. The number of likely N-dealkylation sites (tertiary alicyclic amines) is 1. The first-order valence-corrected chi connectivity index (χ1v) is 9.29. The Labute approximate surface area is 147 Å². The molecule has 0 spiro atoms. The molecule has 1 N–H and O–H groups in total. The van der Waals surface area contributed by atoms with E-state index in [-0.39, 0.29) is 0 Å². The molecule has 1 aromatic rings. The van der Waals surface area contributed by atoms with Crippen LogP contribution in [-0.2, 0) is 4.74 Å². The lowest BCUT2D eigenvalue weighted by atomic mass is 9.90. The average Bonchev–Trinajstić information content (AvgIpc) is 2.53. The monoisotopic (exact) mass is 382 g/mol. The molecule has 2 aliphatic heterocycles. The topological polar surface area (TPSA) is 40.6 Å². The van der Waals surface area contributed by atoms with E-state index < -0.39 is 0 Å². The lowest BCUT2D eigenvalue weighted by Gasteiger charge is -2.40. The summed E-state index contributed by atoms with van der Waals surface area (Å²) >= 11 is 3.69. The maximum Gasteiger partial charge on any atom is 0.143 e. The molecule has 0 unspecified atom stereocenters. The molecule has 3 heterocycles. The van der Waals surface area contributed by atoms with Crippen LogP contribution in [0, 0.1) is 5.92 Å². The molecular weight excluding hydrogens is 356 g/mol. The van der Waals surface area contributed by atoms with Crippen LogP contribution in [0.2, 0.25) is 0 Å². The molecule has 0 saturated carbocycles. The van der Waals surface area contributed by atoms with Crippen molar-refractivity contribution in [2.45, 2.75) is 32.4 Å². The number of ether oxygens (including phenoxy) is 1. The SMILES string of the molecule is C[C@@H]1CN(C)[C@H](C)C[C@H]1Nc1cnc(N2CCOCC2)c(Br)c1. The number of morpholine rings is 1. The van der Waals surface area contributed by atoms with Gasteiger partial charge in [0.15, 0.2) is 0 Å². The second-order valence-corrected chi connectivity index (χ2v) is 7.74. The van der Waals surface area contributed by atoms with Crippen molar-refractivity contribution < 1.29 is 4.74 Å². The third-order valence-electron chi connectivity index (χ3n) is 5.09. The van der Waals surface area contributed by atoms with E-state index in [4.69, 9.17) is 4.74 Å². The Balaban J connectivity index is 1.68. The first-order valence-electron chi connectivity index (χ1n) is 8.49. The Hall–Kier alpha value is -0.850. The highest BCUT2D eigenvalue weighted by atomic mass is 79.9. The minimum atomic E-state index is 0.504. The first kappa shape index (κ1) is 17.0. The smallest absolute Gasteiger partial charge is 0.143 e. The van der Waals surface area contributed by atoms with E-state index in [0.29, 0.717) is 18.0 Å². The van der Waals surface area contributed by atoms with Crippen LogP contribution in [0.5, 0.6) is 0 Å². The summed E-state index contributed by atoms with van der Waals surface area (Å²) in [4.78, 5) is 9.40. The van der Waals surface area contributed by atoms with E-state index in [1.54, 1.807) is 0 Å². The summed E-state index contributed by atoms with van der Waals surface area (Å²) in [6, 6.07) is 3.28. The van der Waals surface area contributed by atoms with Gasteiger partial charge in [-0.15, -0.1) is 0 Å². The van der Waals surface area contributed by atoms with Crippen molar-refractivity contribution >= 4 is 27.4 Å². The number of rotatable bonds is 3. The van der Waals surface area contributed by atoms with Gasteiger partial charge in [0.2, 0.25) is 0 Å². The molecule has 5 nitrogen and oxygen atoms in total. The predicted octanol–water partition coefficient (Wildman–Crippen LogP) is 2.82. The van der Waals surface area contributed by atoms with Crippen molar-refractivity contribution in [1.29, 1.82) is 0 Å². The fraction of sp³-hybridized carbons (Fsp3) is 0.706. The number of nitrogens with one attached hydrogen (secondary N) is 1. The number of pyridine rings is 1. The van der Waals surface area contributed by atoms with Gasteiger partial charge < -0.3 is 19.9 Å². The molecule has 128 valence electrons. The number of halogens is 1. The van der Waals surface area contributed by atoms with E-state index in [1.807, 2.05) is 6.20 Å². The zero-order chi connectivity index (χ0) is 16.4. The molecule has 23 heavy (non-hydrogen) atoms. The number of nitrogens with zero attached hydrogens (tertiary/aromatic N) is 3. The Morgan fingerprint density at radius 1 is 1.30 bits per heavy atom. The molecule has 2 fully saturated rings. The second-order valence-electron chi connectivity index (χ2n) is 6.88. The summed E-state index contributed by atoms with van der Waals surface area (Å²) in [5.74, 6) is 1.65. The van der Waals surface area contributed by atoms with Gasteiger partial charge in [-0.25, -0.2) is 4.98 Å². The van der Waals surface area contributed by atoms with Gasteiger partial charge >= 0.3 is 0 Å². The summed E-state index contributed by atoms with van der Waals surface area (Å²) in [6.45, 7) is 9.13. The van der Waals surface area contributed by atoms with Crippen molar-refractivity contribution in [3.63, 3.8) is 0 Å². The Bertz CT molecular complexity index is 535. The van der Waals surface area contributed by atoms with Crippen molar-refractivity contribution in [3.05, 3.63) is 16.7 Å². The van der Waals surface area contributed by atoms with Gasteiger partial charge in [0, 0.05) is 31.7 Å². The highest BCUT2D eigenvalue weighted by Crippen LogP contribution is 2.29. The predicted molar refractivity (Wildman–Crippen MR) is 98.3 cm³/mol. The fourth-order valence-corrected chi connectivity index (χ4v) is 4.07. The molecule has 2 saturated heterocycles. The molecule has 6 heteroatoms.